The number of halogens is 2. The van der Waals surface area contributed by atoms with E-state index in [1.807, 2.05) is 0 Å². The van der Waals surface area contributed by atoms with Gasteiger partial charge in [0.1, 0.15) is 10.7 Å². The average Bonchev–Trinajstić information content (AvgIpc) is 2.51. The molecule has 0 aliphatic heterocycles. The highest BCUT2D eigenvalue weighted by Gasteiger charge is 2.43. The molecular weight excluding hydrogens is 372 g/mol. The van der Waals surface area contributed by atoms with Gasteiger partial charge in [0.25, 0.3) is 5.91 Å². The van der Waals surface area contributed by atoms with Crippen molar-refractivity contribution in [3.05, 3.63) is 27.5 Å². The molecule has 1 aliphatic carbocycles. The van der Waals surface area contributed by atoms with E-state index in [1.54, 1.807) is 6.07 Å². The van der Waals surface area contributed by atoms with Gasteiger partial charge in [-0.05, 0) is 53.6 Å². The van der Waals surface area contributed by atoms with Gasteiger partial charge in [0.2, 0.25) is 0 Å². The number of carbonyl (C=O) groups excluding carboxylic acids is 2. The van der Waals surface area contributed by atoms with E-state index >= 15 is 0 Å². The zero-order valence-electron chi connectivity index (χ0n) is 12.5. The van der Waals surface area contributed by atoms with Gasteiger partial charge in [-0.15, -0.1) is 0 Å². The Morgan fingerprint density at radius 1 is 1.45 bits per heavy atom. The standard InChI is InChI=1S/C15H18BrClN2O3/c1-9-3-5-15(6-4-9,14(21)22-2)19-13(20)11-7-10(16)8-18-12(11)17/h7-9H,3-6H2,1-2H3,(H,19,20). The van der Waals surface area contributed by atoms with Gasteiger partial charge in [-0.3, -0.25) is 4.79 Å². The van der Waals surface area contributed by atoms with Gasteiger partial charge in [0.05, 0.1) is 12.7 Å². The normalized spacial score (nSPS) is 24.6. The van der Waals surface area contributed by atoms with Gasteiger partial charge in [0, 0.05) is 10.7 Å². The number of carbonyl (C=O) groups is 2. The minimum absolute atomic E-state index is 0.102. The lowest BCUT2D eigenvalue weighted by molar-refractivity contribution is -0.150. The Labute approximate surface area is 142 Å². The molecule has 22 heavy (non-hydrogen) atoms. The van der Waals surface area contributed by atoms with Crippen molar-refractivity contribution in [3.63, 3.8) is 0 Å². The van der Waals surface area contributed by atoms with Crippen molar-refractivity contribution in [2.45, 2.75) is 38.1 Å². The lowest BCUT2D eigenvalue weighted by Gasteiger charge is -2.37. The van der Waals surface area contributed by atoms with Crippen LogP contribution in [0.15, 0.2) is 16.7 Å². The molecule has 0 unspecified atom stereocenters. The Bertz CT molecular complexity index is 586. The maximum Gasteiger partial charge on any atom is 0.331 e. The van der Waals surface area contributed by atoms with E-state index in [-0.39, 0.29) is 10.7 Å². The summed E-state index contributed by atoms with van der Waals surface area (Å²) in [5.41, 5.74) is -0.748. The van der Waals surface area contributed by atoms with Crippen LogP contribution in [-0.2, 0) is 9.53 Å². The molecule has 1 heterocycles. The molecule has 0 radical (unpaired) electrons. The highest BCUT2D eigenvalue weighted by molar-refractivity contribution is 9.10. The third kappa shape index (κ3) is 3.60. The Balaban J connectivity index is 2.25. The number of pyridine rings is 1. The van der Waals surface area contributed by atoms with E-state index in [1.165, 1.54) is 13.3 Å². The van der Waals surface area contributed by atoms with E-state index in [2.05, 4.69) is 33.2 Å². The summed E-state index contributed by atoms with van der Waals surface area (Å²) >= 11 is 9.24. The third-order valence-electron chi connectivity index (χ3n) is 4.11. The number of ether oxygens (including phenoxy) is 1. The summed E-state index contributed by atoms with van der Waals surface area (Å²) in [6.45, 7) is 2.14. The summed E-state index contributed by atoms with van der Waals surface area (Å²) in [6, 6.07) is 1.58. The number of esters is 1. The van der Waals surface area contributed by atoms with Crippen molar-refractivity contribution in [1.29, 1.82) is 0 Å². The minimum atomic E-state index is -0.982. The summed E-state index contributed by atoms with van der Waals surface area (Å²) in [5, 5.41) is 2.93. The van der Waals surface area contributed by atoms with Gasteiger partial charge in [-0.1, -0.05) is 18.5 Å². The van der Waals surface area contributed by atoms with Gasteiger partial charge >= 0.3 is 5.97 Å². The molecule has 1 aromatic rings. The predicted octanol–water partition coefficient (Wildman–Crippen LogP) is 3.35. The second kappa shape index (κ2) is 6.96. The summed E-state index contributed by atoms with van der Waals surface area (Å²) in [4.78, 5) is 28.7. The Morgan fingerprint density at radius 3 is 2.68 bits per heavy atom. The van der Waals surface area contributed by atoms with Crippen LogP contribution in [-0.4, -0.2) is 29.5 Å². The summed E-state index contributed by atoms with van der Waals surface area (Å²) in [7, 11) is 1.34. The number of nitrogens with one attached hydrogen (secondary N) is 1. The van der Waals surface area contributed by atoms with Crippen molar-refractivity contribution in [2.24, 2.45) is 5.92 Å². The van der Waals surface area contributed by atoms with Crippen molar-refractivity contribution >= 4 is 39.4 Å². The minimum Gasteiger partial charge on any atom is -0.467 e. The molecule has 0 atom stereocenters. The smallest absolute Gasteiger partial charge is 0.331 e. The van der Waals surface area contributed by atoms with Crippen LogP contribution < -0.4 is 5.32 Å². The summed E-state index contributed by atoms with van der Waals surface area (Å²) < 4.78 is 5.55. The lowest BCUT2D eigenvalue weighted by Crippen LogP contribution is -2.56. The lowest BCUT2D eigenvalue weighted by atomic mass is 9.77. The number of nitrogens with zero attached hydrogens (tertiary/aromatic N) is 1. The van der Waals surface area contributed by atoms with Gasteiger partial charge in [-0.25, -0.2) is 9.78 Å². The molecule has 1 N–H and O–H groups in total. The van der Waals surface area contributed by atoms with Crippen LogP contribution in [0.4, 0.5) is 0 Å². The predicted molar refractivity (Wildman–Crippen MR) is 86.8 cm³/mol. The first kappa shape index (κ1) is 17.2. The second-order valence-corrected chi connectivity index (χ2v) is 6.98. The molecule has 0 spiro atoms. The van der Waals surface area contributed by atoms with Crippen LogP contribution in [0, 0.1) is 5.92 Å². The maximum absolute atomic E-state index is 12.5. The Hall–Kier alpha value is -1.14. The van der Waals surface area contributed by atoms with E-state index in [0.29, 0.717) is 23.2 Å². The summed E-state index contributed by atoms with van der Waals surface area (Å²) in [5.74, 6) is -0.295. The SMILES string of the molecule is COC(=O)C1(NC(=O)c2cc(Br)cnc2Cl)CCC(C)CC1. The molecule has 1 amide bonds. The van der Waals surface area contributed by atoms with Crippen LogP contribution >= 0.6 is 27.5 Å². The fourth-order valence-corrected chi connectivity index (χ4v) is 3.22. The van der Waals surface area contributed by atoms with Gasteiger partial charge in [-0.2, -0.15) is 0 Å². The molecule has 120 valence electrons. The topological polar surface area (TPSA) is 68.3 Å². The van der Waals surface area contributed by atoms with E-state index in [9.17, 15) is 9.59 Å². The molecule has 1 saturated carbocycles. The summed E-state index contributed by atoms with van der Waals surface area (Å²) in [6.07, 6.45) is 4.36. The van der Waals surface area contributed by atoms with E-state index < -0.39 is 17.4 Å². The zero-order valence-corrected chi connectivity index (χ0v) is 14.8. The highest BCUT2D eigenvalue weighted by atomic mass is 79.9. The first-order valence-corrected chi connectivity index (χ1v) is 8.27. The third-order valence-corrected chi connectivity index (χ3v) is 4.84. The second-order valence-electron chi connectivity index (χ2n) is 5.70. The number of aromatic nitrogens is 1. The average molecular weight is 390 g/mol. The Morgan fingerprint density at radius 2 is 2.09 bits per heavy atom. The fourth-order valence-electron chi connectivity index (χ4n) is 2.70. The molecular formula is C15H18BrClN2O3. The van der Waals surface area contributed by atoms with Crippen LogP contribution in [0.3, 0.4) is 0 Å². The molecule has 1 aromatic heterocycles. The number of amides is 1. The highest BCUT2D eigenvalue weighted by Crippen LogP contribution is 2.33. The van der Waals surface area contributed by atoms with Crippen LogP contribution in [0.2, 0.25) is 5.15 Å². The molecule has 0 aromatic carbocycles. The molecule has 0 bridgehead atoms. The number of methoxy groups -OCH3 is 1. The zero-order chi connectivity index (χ0) is 16.3. The number of hydrogen-bond donors (Lipinski definition) is 1. The van der Waals surface area contributed by atoms with Crippen LogP contribution in [0.1, 0.15) is 43.0 Å². The van der Waals surface area contributed by atoms with Crippen LogP contribution in [0.5, 0.6) is 0 Å². The van der Waals surface area contributed by atoms with Gasteiger partial charge < -0.3 is 10.1 Å². The monoisotopic (exact) mass is 388 g/mol. The van der Waals surface area contributed by atoms with Crippen molar-refractivity contribution in [1.82, 2.24) is 10.3 Å². The van der Waals surface area contributed by atoms with Crippen molar-refractivity contribution < 1.29 is 14.3 Å². The molecule has 1 aliphatic rings. The van der Waals surface area contributed by atoms with Crippen LogP contribution in [0.25, 0.3) is 0 Å². The molecule has 1 fully saturated rings. The maximum atomic E-state index is 12.5. The first-order valence-electron chi connectivity index (χ1n) is 7.10. The number of hydrogen-bond acceptors (Lipinski definition) is 4. The van der Waals surface area contributed by atoms with Crippen molar-refractivity contribution in [2.75, 3.05) is 7.11 Å². The first-order chi connectivity index (χ1) is 10.4. The Kier molecular flexibility index (Phi) is 5.45. The number of rotatable bonds is 3. The fraction of sp³-hybridized carbons (Fsp3) is 0.533. The largest absolute Gasteiger partial charge is 0.467 e. The molecule has 2 rings (SSSR count). The molecule has 7 heteroatoms. The van der Waals surface area contributed by atoms with Gasteiger partial charge in [0.15, 0.2) is 0 Å². The van der Waals surface area contributed by atoms with Crippen molar-refractivity contribution in [3.8, 4) is 0 Å². The van der Waals surface area contributed by atoms with E-state index in [0.717, 1.165) is 12.8 Å². The van der Waals surface area contributed by atoms with E-state index in [4.69, 9.17) is 16.3 Å². The molecule has 0 saturated heterocycles. The quantitative estimate of drug-likeness (QED) is 0.636. The molecule has 5 nitrogen and oxygen atoms in total.